The number of nitrogens with zero attached hydrogens (tertiary/aromatic N) is 9. The summed E-state index contributed by atoms with van der Waals surface area (Å²) in [5.41, 5.74) is 19.3. The molecule has 0 spiro atoms. The minimum absolute atomic E-state index is 0.602. The lowest BCUT2D eigenvalue weighted by Crippen LogP contribution is -2.00. The Balaban J connectivity index is 0.626. The molecular weight excluding hydrogens is 1480 g/mol. The molecule has 23 rings (SSSR count). The minimum atomic E-state index is 0.602. The molecule has 0 aliphatic rings. The van der Waals surface area contributed by atoms with Crippen LogP contribution in [0.15, 0.2) is 334 Å². The van der Waals surface area contributed by atoms with Crippen molar-refractivity contribution in [2.45, 2.75) is 0 Å². The zero-order chi connectivity index (χ0) is 74.2. The van der Waals surface area contributed by atoms with Gasteiger partial charge in [0.1, 0.15) is 0 Å². The number of hydrogen-bond acceptors (Lipinski definition) is 14. The Morgan fingerprint density at radius 2 is 0.504 bits per heavy atom. The highest BCUT2D eigenvalue weighted by molar-refractivity contribution is 7.28. The maximum Gasteiger partial charge on any atom is 0.164 e. The van der Waals surface area contributed by atoms with Crippen molar-refractivity contribution in [3.63, 3.8) is 0 Å². The van der Waals surface area contributed by atoms with E-state index in [0.29, 0.717) is 34.9 Å². The van der Waals surface area contributed by atoms with E-state index >= 15 is 0 Å². The molecule has 0 atom stereocenters. The SMILES string of the molecule is c1ccc(-c2nc(-c3cccc(-c4cccc(-c5nc(-c6cccc7c6sc6cccc(-c8nc(-c9ccccc9)nc(-c9cccc(-c%10cccc%11c%10sc%10ccccc%10%11)c9)n8)c67)c6sc7ccccc7c6n5)c4)c3)cc(-c3cccc4sc5c(-c6nc(-c7ccccc7)nc7c6sc6ccccc67)cccc5c34)n2)cc1. The van der Waals surface area contributed by atoms with Crippen molar-refractivity contribution in [3.8, 4) is 136 Å². The van der Waals surface area contributed by atoms with E-state index in [1.165, 1.54) is 30.4 Å². The lowest BCUT2D eigenvalue weighted by atomic mass is 9.98. The second-order valence-electron chi connectivity index (χ2n) is 28.2. The normalized spacial score (nSPS) is 11.9. The first-order chi connectivity index (χ1) is 56.0. The second-order valence-corrected chi connectivity index (χ2v) is 33.4. The van der Waals surface area contributed by atoms with Gasteiger partial charge in [-0.1, -0.05) is 279 Å². The fraction of sp³-hybridized carbons (Fsp3) is 0. The van der Waals surface area contributed by atoms with Gasteiger partial charge in [0.2, 0.25) is 0 Å². The number of thiophene rings is 5. The molecule has 0 saturated carbocycles. The molecule has 9 aromatic heterocycles. The van der Waals surface area contributed by atoms with Crippen LogP contribution in [0.25, 0.3) is 237 Å². The Kier molecular flexibility index (Phi) is 15.4. The average Bonchev–Trinajstić information content (AvgIpc) is 1.61. The molecule has 14 aromatic carbocycles. The number of hydrogen-bond donors (Lipinski definition) is 0. The fourth-order valence-corrected chi connectivity index (χ4v) is 22.2. The highest BCUT2D eigenvalue weighted by Crippen LogP contribution is 2.51. The maximum atomic E-state index is 5.71. The largest absolute Gasteiger partial charge is 0.228 e. The summed E-state index contributed by atoms with van der Waals surface area (Å²) >= 11 is 8.90. The molecule has 0 saturated heterocycles. The molecule has 9 nitrogen and oxygen atoms in total. The van der Waals surface area contributed by atoms with Crippen LogP contribution in [0.2, 0.25) is 0 Å². The first kappa shape index (κ1) is 65.3. The van der Waals surface area contributed by atoms with Crippen LogP contribution in [0.4, 0.5) is 0 Å². The van der Waals surface area contributed by atoms with Gasteiger partial charge in [0.25, 0.3) is 0 Å². The van der Waals surface area contributed by atoms with Gasteiger partial charge in [-0.15, -0.1) is 56.7 Å². The quantitative estimate of drug-likeness (QED) is 0.118. The number of aromatic nitrogens is 9. The summed E-state index contributed by atoms with van der Waals surface area (Å²) in [6.45, 7) is 0. The van der Waals surface area contributed by atoms with Crippen LogP contribution in [0.1, 0.15) is 0 Å². The van der Waals surface area contributed by atoms with Crippen molar-refractivity contribution in [1.29, 1.82) is 0 Å². The Bertz CT molecular complexity index is 7840. The third-order valence-electron chi connectivity index (χ3n) is 21.4. The van der Waals surface area contributed by atoms with Crippen LogP contribution in [0.5, 0.6) is 0 Å². The van der Waals surface area contributed by atoms with Gasteiger partial charge in [0, 0.05) is 136 Å². The van der Waals surface area contributed by atoms with Crippen LogP contribution in [0, 0.1) is 0 Å². The number of benzene rings is 14. The van der Waals surface area contributed by atoms with Crippen molar-refractivity contribution >= 4 is 158 Å². The molecule has 0 aliphatic heterocycles. The van der Waals surface area contributed by atoms with Crippen LogP contribution < -0.4 is 0 Å². The van der Waals surface area contributed by atoms with E-state index in [1.807, 2.05) is 65.9 Å². The summed E-state index contributed by atoms with van der Waals surface area (Å²) < 4.78 is 11.5. The minimum Gasteiger partial charge on any atom is -0.228 e. The van der Waals surface area contributed by atoms with Crippen LogP contribution in [-0.2, 0) is 0 Å². The zero-order valence-corrected chi connectivity index (χ0v) is 63.9. The van der Waals surface area contributed by atoms with Crippen LogP contribution >= 0.6 is 56.7 Å². The van der Waals surface area contributed by atoms with Gasteiger partial charge in [-0.25, -0.2) is 44.9 Å². The summed E-state index contributed by atoms with van der Waals surface area (Å²) in [6.07, 6.45) is 0. The van der Waals surface area contributed by atoms with Crippen LogP contribution in [-0.4, -0.2) is 44.9 Å². The Hall–Kier alpha value is -13.6. The van der Waals surface area contributed by atoms with Gasteiger partial charge in [-0.05, 0) is 76.9 Å². The van der Waals surface area contributed by atoms with Gasteiger partial charge in [-0.3, -0.25) is 0 Å². The molecule has 0 radical (unpaired) electrons. The van der Waals surface area contributed by atoms with Gasteiger partial charge in [-0.2, -0.15) is 0 Å². The Labute approximate surface area is 666 Å². The van der Waals surface area contributed by atoms with E-state index in [0.717, 1.165) is 171 Å². The summed E-state index contributed by atoms with van der Waals surface area (Å²) in [7, 11) is 0. The van der Waals surface area contributed by atoms with E-state index in [2.05, 4.69) is 279 Å². The lowest BCUT2D eigenvalue weighted by molar-refractivity contribution is 1.08. The Morgan fingerprint density at radius 3 is 1.09 bits per heavy atom. The third-order valence-corrected chi connectivity index (χ3v) is 27.4. The molecule has 0 N–H and O–H groups in total. The number of rotatable bonds is 12. The Morgan fingerprint density at radius 1 is 0.168 bits per heavy atom. The van der Waals surface area contributed by atoms with E-state index < -0.39 is 0 Å². The molecule has 14 heteroatoms. The average molecular weight is 1530 g/mol. The van der Waals surface area contributed by atoms with Crippen molar-refractivity contribution in [1.82, 2.24) is 44.9 Å². The highest BCUT2D eigenvalue weighted by Gasteiger charge is 2.26. The molecule has 9 heterocycles. The second kappa shape index (κ2) is 26.6. The van der Waals surface area contributed by atoms with E-state index in [-0.39, 0.29) is 0 Å². The molecule has 0 aliphatic carbocycles. The smallest absolute Gasteiger partial charge is 0.164 e. The summed E-state index contributed by atoms with van der Waals surface area (Å²) in [5, 5.41) is 9.22. The first-order valence-corrected chi connectivity index (χ1v) is 41.4. The molecule has 0 fully saturated rings. The van der Waals surface area contributed by atoms with Crippen molar-refractivity contribution < 1.29 is 0 Å². The lowest BCUT2D eigenvalue weighted by Gasteiger charge is -2.12. The van der Waals surface area contributed by atoms with Gasteiger partial charge >= 0.3 is 0 Å². The molecule has 113 heavy (non-hydrogen) atoms. The van der Waals surface area contributed by atoms with E-state index in [9.17, 15) is 0 Å². The maximum absolute atomic E-state index is 5.71. The molecule has 0 amide bonds. The molecule has 23 aromatic rings. The first-order valence-electron chi connectivity index (χ1n) is 37.3. The van der Waals surface area contributed by atoms with E-state index in [4.69, 9.17) is 44.9 Å². The van der Waals surface area contributed by atoms with Crippen molar-refractivity contribution in [3.05, 3.63) is 334 Å². The summed E-state index contributed by atoms with van der Waals surface area (Å²) in [4.78, 5) is 48.9. The molecule has 526 valence electrons. The standard InChI is InChI=1S/C99H55N9S5/c1-4-24-56(25-5-1)94-100-76(55-77(101-94)68-41-22-50-81-83(68)71-42-20-45-74(90(71)112-81)87-92-85(69-37-11-14-48-79(69)110-92)102-95(104-87)57-26-6-2-7-27-57)62-33-16-30-59(52-62)60-31-17-34-63(53-60)97-103-86-70-38-12-15-49-80(70)111-93(86)88(105-97)75-46-21-43-72-84-73(44-23-51-82(84)113-91(72)75)99-107-96(58-28-8-3-9-29-58)106-98(108-99)64-35-18-32-61(54-64)65-39-19-40-67-66-36-10-13-47-78(66)109-89(65)67/h1-55H. The number of fused-ring (bicyclic) bond motifs is 15. The topological polar surface area (TPSA) is 116 Å². The van der Waals surface area contributed by atoms with E-state index in [1.54, 1.807) is 45.3 Å². The van der Waals surface area contributed by atoms with Gasteiger partial charge < -0.3 is 0 Å². The molecule has 0 unspecified atom stereocenters. The zero-order valence-electron chi connectivity index (χ0n) is 59.8. The van der Waals surface area contributed by atoms with Crippen molar-refractivity contribution in [2.24, 2.45) is 0 Å². The van der Waals surface area contributed by atoms with Gasteiger partial charge in [0.05, 0.1) is 43.2 Å². The van der Waals surface area contributed by atoms with Crippen molar-refractivity contribution in [2.75, 3.05) is 0 Å². The summed E-state index contributed by atoms with van der Waals surface area (Å²) in [5.74, 6) is 3.80. The fourth-order valence-electron chi connectivity index (χ4n) is 16.1. The van der Waals surface area contributed by atoms with Crippen LogP contribution in [0.3, 0.4) is 0 Å². The predicted octanol–water partition coefficient (Wildman–Crippen LogP) is 28.1. The monoisotopic (exact) mass is 1530 g/mol. The summed E-state index contributed by atoms with van der Waals surface area (Å²) in [6, 6.07) is 118. The predicted molar refractivity (Wildman–Crippen MR) is 476 cm³/mol. The molecular formula is C99H55N9S5. The van der Waals surface area contributed by atoms with Gasteiger partial charge in [0.15, 0.2) is 34.9 Å². The molecule has 0 bridgehead atoms. The third kappa shape index (κ3) is 11.1. The highest BCUT2D eigenvalue weighted by atomic mass is 32.1.